The number of aromatic hydroxyl groups is 1. The van der Waals surface area contributed by atoms with Crippen LogP contribution in [-0.4, -0.2) is 16.7 Å². The van der Waals surface area contributed by atoms with E-state index in [4.69, 9.17) is 0 Å². The molecule has 80 valence electrons. The van der Waals surface area contributed by atoms with Gasteiger partial charge >= 0.3 is 0 Å². The van der Waals surface area contributed by atoms with Gasteiger partial charge in [-0.25, -0.2) is 0 Å². The van der Waals surface area contributed by atoms with Crippen molar-refractivity contribution in [1.82, 2.24) is 0 Å². The van der Waals surface area contributed by atoms with E-state index in [1.54, 1.807) is 26.0 Å². The minimum atomic E-state index is -0.204. The van der Waals surface area contributed by atoms with Crippen LogP contribution in [0.4, 0.5) is 0 Å². The number of phenolic OH excluding ortho intramolecular Hbond substituents is 1. The second-order valence-corrected chi connectivity index (χ2v) is 3.25. The van der Waals surface area contributed by atoms with Crippen molar-refractivity contribution in [3.63, 3.8) is 0 Å². The van der Waals surface area contributed by atoms with E-state index in [9.17, 15) is 14.7 Å². The second-order valence-electron chi connectivity index (χ2n) is 3.25. The molecule has 0 unspecified atom stereocenters. The van der Waals surface area contributed by atoms with Gasteiger partial charge in [0.1, 0.15) is 5.75 Å². The molecule has 0 amide bonds. The van der Waals surface area contributed by atoms with Gasteiger partial charge in [-0.05, 0) is 6.07 Å². The highest BCUT2D eigenvalue weighted by Crippen LogP contribution is 2.23. The molecule has 0 aliphatic heterocycles. The van der Waals surface area contributed by atoms with Crippen LogP contribution in [0.3, 0.4) is 0 Å². The lowest BCUT2D eigenvalue weighted by Crippen LogP contribution is -2.07. The first-order chi connectivity index (χ1) is 7.11. The maximum Gasteiger partial charge on any atom is 0.167 e. The molecule has 1 rings (SSSR count). The molecule has 0 saturated heterocycles. The summed E-state index contributed by atoms with van der Waals surface area (Å²) >= 11 is 0. The van der Waals surface area contributed by atoms with Gasteiger partial charge in [-0.15, -0.1) is 0 Å². The number of hydrogen-bond acceptors (Lipinski definition) is 3. The summed E-state index contributed by atoms with van der Waals surface area (Å²) in [6.07, 6.45) is 0.606. The van der Waals surface area contributed by atoms with Crippen molar-refractivity contribution in [2.24, 2.45) is 0 Å². The molecule has 0 radical (unpaired) electrons. The molecule has 0 spiro atoms. The van der Waals surface area contributed by atoms with Gasteiger partial charge in [-0.1, -0.05) is 26.0 Å². The third-order valence-corrected chi connectivity index (χ3v) is 2.26. The van der Waals surface area contributed by atoms with Crippen LogP contribution in [0, 0.1) is 0 Å². The Morgan fingerprint density at radius 1 is 1.13 bits per heavy atom. The van der Waals surface area contributed by atoms with Gasteiger partial charge in [0.2, 0.25) is 0 Å². The zero-order valence-electron chi connectivity index (χ0n) is 8.91. The van der Waals surface area contributed by atoms with Crippen LogP contribution in [0.1, 0.15) is 47.4 Å². The smallest absolute Gasteiger partial charge is 0.167 e. The Labute approximate surface area is 88.7 Å². The molecule has 0 fully saturated rings. The summed E-state index contributed by atoms with van der Waals surface area (Å²) in [5, 5.41) is 9.56. The summed E-state index contributed by atoms with van der Waals surface area (Å²) in [5.74, 6) is -0.436. The molecule has 0 bridgehead atoms. The van der Waals surface area contributed by atoms with Crippen molar-refractivity contribution in [2.75, 3.05) is 0 Å². The Morgan fingerprint density at radius 2 is 1.73 bits per heavy atom. The van der Waals surface area contributed by atoms with Gasteiger partial charge in [0.05, 0.1) is 5.56 Å². The lowest BCUT2D eigenvalue weighted by Gasteiger charge is -2.07. The van der Waals surface area contributed by atoms with E-state index in [1.807, 2.05) is 0 Å². The first kappa shape index (κ1) is 11.4. The molecule has 1 aromatic rings. The maximum atomic E-state index is 11.6. The molecule has 0 atom stereocenters. The van der Waals surface area contributed by atoms with Gasteiger partial charge in [-0.2, -0.15) is 0 Å². The predicted molar refractivity (Wildman–Crippen MR) is 57.3 cm³/mol. The maximum absolute atomic E-state index is 11.6. The van der Waals surface area contributed by atoms with Crippen molar-refractivity contribution in [3.05, 3.63) is 29.3 Å². The van der Waals surface area contributed by atoms with Crippen molar-refractivity contribution in [1.29, 1.82) is 0 Å². The molecule has 0 aliphatic rings. The molecule has 3 heteroatoms. The van der Waals surface area contributed by atoms with E-state index >= 15 is 0 Å². The fraction of sp³-hybridized carbons (Fsp3) is 0.333. The van der Waals surface area contributed by atoms with Crippen LogP contribution in [0.25, 0.3) is 0 Å². The lowest BCUT2D eigenvalue weighted by molar-refractivity contribution is 0.0953. The molecule has 0 aliphatic carbocycles. The molecule has 0 aromatic heterocycles. The first-order valence-corrected chi connectivity index (χ1v) is 5.00. The van der Waals surface area contributed by atoms with Gasteiger partial charge in [0.25, 0.3) is 0 Å². The molecule has 0 saturated carbocycles. The molecule has 15 heavy (non-hydrogen) atoms. The predicted octanol–water partition coefficient (Wildman–Crippen LogP) is 2.58. The first-order valence-electron chi connectivity index (χ1n) is 5.00. The number of benzene rings is 1. The Hall–Kier alpha value is -1.64. The minimum Gasteiger partial charge on any atom is -0.507 e. The van der Waals surface area contributed by atoms with Gasteiger partial charge in [0.15, 0.2) is 11.6 Å². The Balaban J connectivity index is 3.32. The minimum absolute atomic E-state index is 0.110. The molecule has 3 nitrogen and oxygen atoms in total. The van der Waals surface area contributed by atoms with Crippen molar-refractivity contribution >= 4 is 11.6 Å². The largest absolute Gasteiger partial charge is 0.507 e. The Bertz CT molecular complexity index is 394. The normalized spacial score (nSPS) is 10.0. The van der Waals surface area contributed by atoms with Crippen LogP contribution in [0.15, 0.2) is 18.2 Å². The molecule has 1 aromatic carbocycles. The van der Waals surface area contributed by atoms with E-state index in [0.29, 0.717) is 12.0 Å². The zero-order valence-corrected chi connectivity index (χ0v) is 8.91. The van der Waals surface area contributed by atoms with Crippen molar-refractivity contribution in [3.8, 4) is 5.75 Å². The number of carbonyl (C=O) groups excluding carboxylic acids is 2. The standard InChI is InChI=1S/C12H14O3/c1-3-9(13)8-6-5-7-11(15)12(8)10(14)4-2/h5-7,15H,3-4H2,1-2H3. The van der Waals surface area contributed by atoms with Crippen molar-refractivity contribution < 1.29 is 14.7 Å². The summed E-state index contributed by atoms with van der Waals surface area (Å²) in [5.41, 5.74) is 0.483. The highest BCUT2D eigenvalue weighted by Gasteiger charge is 2.18. The summed E-state index contributed by atoms with van der Waals surface area (Å²) in [6.45, 7) is 3.43. The summed E-state index contributed by atoms with van der Waals surface area (Å²) in [4.78, 5) is 23.1. The fourth-order valence-electron chi connectivity index (χ4n) is 1.43. The number of carbonyl (C=O) groups is 2. The second kappa shape index (κ2) is 4.73. The summed E-state index contributed by atoms with van der Waals surface area (Å²) in [6, 6.07) is 4.58. The van der Waals surface area contributed by atoms with Crippen LogP contribution < -0.4 is 0 Å². The summed E-state index contributed by atoms with van der Waals surface area (Å²) in [7, 11) is 0. The van der Waals surface area contributed by atoms with E-state index < -0.39 is 0 Å². The van der Waals surface area contributed by atoms with E-state index in [0.717, 1.165) is 0 Å². The molecule has 0 heterocycles. The zero-order chi connectivity index (χ0) is 11.4. The number of rotatable bonds is 4. The Kier molecular flexibility index (Phi) is 3.61. The quantitative estimate of drug-likeness (QED) is 0.770. The average Bonchev–Trinajstić information content (AvgIpc) is 2.26. The van der Waals surface area contributed by atoms with Crippen molar-refractivity contribution in [2.45, 2.75) is 26.7 Å². The van der Waals surface area contributed by atoms with E-state index in [-0.39, 0.29) is 29.3 Å². The van der Waals surface area contributed by atoms with Gasteiger partial charge < -0.3 is 5.11 Å². The highest BCUT2D eigenvalue weighted by molar-refractivity contribution is 6.10. The average molecular weight is 206 g/mol. The number of hydrogen-bond donors (Lipinski definition) is 1. The lowest BCUT2D eigenvalue weighted by atomic mass is 9.97. The third kappa shape index (κ3) is 2.24. The number of Topliss-reactive ketones (excluding diaryl/α,β-unsaturated/α-hetero) is 2. The highest BCUT2D eigenvalue weighted by atomic mass is 16.3. The fourth-order valence-corrected chi connectivity index (χ4v) is 1.43. The molecule has 1 N–H and O–H groups in total. The van der Waals surface area contributed by atoms with Crippen LogP contribution in [0.2, 0.25) is 0 Å². The molecular weight excluding hydrogens is 192 g/mol. The number of ketones is 2. The SMILES string of the molecule is CCC(=O)c1cccc(O)c1C(=O)CC. The van der Waals surface area contributed by atoms with E-state index in [2.05, 4.69) is 0 Å². The van der Waals surface area contributed by atoms with E-state index in [1.165, 1.54) is 6.07 Å². The molecular formula is C12H14O3. The topological polar surface area (TPSA) is 54.4 Å². The van der Waals surface area contributed by atoms with Gasteiger partial charge in [0, 0.05) is 18.4 Å². The van der Waals surface area contributed by atoms with Crippen LogP contribution >= 0.6 is 0 Å². The van der Waals surface area contributed by atoms with Gasteiger partial charge in [-0.3, -0.25) is 9.59 Å². The van der Waals surface area contributed by atoms with Crippen LogP contribution in [-0.2, 0) is 0 Å². The van der Waals surface area contributed by atoms with Crippen LogP contribution in [0.5, 0.6) is 5.75 Å². The monoisotopic (exact) mass is 206 g/mol. The summed E-state index contributed by atoms with van der Waals surface area (Å²) < 4.78 is 0. The Morgan fingerprint density at radius 3 is 2.27 bits per heavy atom. The number of phenols is 1. The third-order valence-electron chi connectivity index (χ3n) is 2.26.